The molecule has 2 heterocycles. The number of ketones is 1. The van der Waals surface area contributed by atoms with Crippen molar-refractivity contribution in [2.24, 2.45) is 0 Å². The van der Waals surface area contributed by atoms with Gasteiger partial charge in [0.1, 0.15) is 6.10 Å². The smallest absolute Gasteiger partial charge is 0.181 e. The minimum atomic E-state index is -0.0920. The molecule has 0 aromatic heterocycles. The summed E-state index contributed by atoms with van der Waals surface area (Å²) in [5, 5.41) is 3.17. The molecule has 1 N–H and O–H groups in total. The first-order valence-electron chi connectivity index (χ1n) is 4.21. The van der Waals surface area contributed by atoms with Crippen molar-refractivity contribution in [2.45, 2.75) is 38.0 Å². The van der Waals surface area contributed by atoms with E-state index in [-0.39, 0.29) is 24.0 Å². The molecule has 0 saturated carbocycles. The van der Waals surface area contributed by atoms with E-state index in [0.717, 1.165) is 19.4 Å². The van der Waals surface area contributed by atoms with Gasteiger partial charge in [0.2, 0.25) is 0 Å². The van der Waals surface area contributed by atoms with Gasteiger partial charge < -0.3 is 10.1 Å². The van der Waals surface area contributed by atoms with Gasteiger partial charge in [0.25, 0.3) is 0 Å². The molecule has 0 aromatic carbocycles. The van der Waals surface area contributed by atoms with Gasteiger partial charge in [0, 0.05) is 0 Å². The first kappa shape index (κ1) is 7.25. The molecule has 0 aromatic rings. The molecule has 62 valence electrons. The van der Waals surface area contributed by atoms with Crippen LogP contribution >= 0.6 is 0 Å². The van der Waals surface area contributed by atoms with Crippen molar-refractivity contribution in [1.29, 1.82) is 0 Å². The van der Waals surface area contributed by atoms with Crippen LogP contribution in [0.25, 0.3) is 0 Å². The summed E-state index contributed by atoms with van der Waals surface area (Å²) >= 11 is 0. The summed E-state index contributed by atoms with van der Waals surface area (Å²) in [5.74, 6) is 0.259. The van der Waals surface area contributed by atoms with E-state index in [0.29, 0.717) is 0 Å². The van der Waals surface area contributed by atoms with E-state index in [1.54, 1.807) is 0 Å². The molecular weight excluding hydrogens is 142 g/mol. The molecule has 0 bridgehead atoms. The van der Waals surface area contributed by atoms with Crippen LogP contribution in [0.15, 0.2) is 0 Å². The van der Waals surface area contributed by atoms with Gasteiger partial charge in [-0.1, -0.05) is 0 Å². The van der Waals surface area contributed by atoms with E-state index >= 15 is 0 Å². The van der Waals surface area contributed by atoms with Crippen LogP contribution in [0.4, 0.5) is 0 Å². The van der Waals surface area contributed by atoms with Crippen molar-refractivity contribution in [2.75, 3.05) is 6.54 Å². The highest BCUT2D eigenvalue weighted by atomic mass is 16.6. The van der Waals surface area contributed by atoms with Gasteiger partial charge >= 0.3 is 0 Å². The van der Waals surface area contributed by atoms with Gasteiger partial charge in [0.15, 0.2) is 5.78 Å². The number of carbonyl (C=O) groups is 1. The maximum Gasteiger partial charge on any atom is 0.181 e. The van der Waals surface area contributed by atoms with E-state index in [1.807, 2.05) is 6.92 Å². The number of nitrogens with one attached hydrogen (secondary N) is 1. The van der Waals surface area contributed by atoms with Crippen LogP contribution in [0.5, 0.6) is 0 Å². The Labute approximate surface area is 66.1 Å². The third-order valence-corrected chi connectivity index (χ3v) is 2.40. The minimum Gasteiger partial charge on any atom is -0.362 e. The summed E-state index contributed by atoms with van der Waals surface area (Å²) in [6.07, 6.45) is 2.19. The summed E-state index contributed by atoms with van der Waals surface area (Å²) in [6, 6.07) is 0.0879. The van der Waals surface area contributed by atoms with Crippen molar-refractivity contribution in [3.63, 3.8) is 0 Å². The highest BCUT2D eigenvalue weighted by Gasteiger charge is 2.44. The summed E-state index contributed by atoms with van der Waals surface area (Å²) in [5.41, 5.74) is 0. The summed E-state index contributed by atoms with van der Waals surface area (Å²) in [4.78, 5) is 11.4. The second-order valence-electron chi connectivity index (χ2n) is 3.31. The van der Waals surface area contributed by atoms with Crippen LogP contribution in [0, 0.1) is 0 Å². The normalized spacial score (nSPS) is 42.5. The van der Waals surface area contributed by atoms with E-state index in [2.05, 4.69) is 5.32 Å². The van der Waals surface area contributed by atoms with Crippen LogP contribution in [0.1, 0.15) is 19.8 Å². The Morgan fingerprint density at radius 1 is 1.64 bits per heavy atom. The molecule has 2 fully saturated rings. The molecule has 0 spiro atoms. The summed E-state index contributed by atoms with van der Waals surface area (Å²) in [6.45, 7) is 2.93. The molecule has 3 heteroatoms. The molecule has 2 saturated heterocycles. The highest BCUT2D eigenvalue weighted by Crippen LogP contribution is 2.24. The Balaban J connectivity index is 1.89. The number of Topliss-reactive ketones (excluding diaryl/α,β-unsaturated/α-hetero) is 1. The van der Waals surface area contributed by atoms with Gasteiger partial charge in [-0.05, 0) is 26.3 Å². The number of rotatable bonds is 2. The number of hydrogen-bond acceptors (Lipinski definition) is 3. The molecule has 11 heavy (non-hydrogen) atoms. The zero-order valence-corrected chi connectivity index (χ0v) is 6.67. The van der Waals surface area contributed by atoms with Crippen LogP contribution in [-0.4, -0.2) is 30.6 Å². The maximum atomic E-state index is 11.4. The lowest BCUT2D eigenvalue weighted by Gasteiger charge is -2.04. The molecule has 0 amide bonds. The average molecular weight is 155 g/mol. The maximum absolute atomic E-state index is 11.4. The van der Waals surface area contributed by atoms with Gasteiger partial charge in [-0.3, -0.25) is 4.79 Å². The van der Waals surface area contributed by atoms with Crippen molar-refractivity contribution in [3.8, 4) is 0 Å². The van der Waals surface area contributed by atoms with Crippen molar-refractivity contribution in [3.05, 3.63) is 0 Å². The Morgan fingerprint density at radius 3 is 2.82 bits per heavy atom. The lowest BCUT2D eigenvalue weighted by molar-refractivity contribution is -0.121. The van der Waals surface area contributed by atoms with Crippen LogP contribution in [-0.2, 0) is 9.53 Å². The molecule has 3 nitrogen and oxygen atoms in total. The van der Waals surface area contributed by atoms with Gasteiger partial charge in [-0.2, -0.15) is 0 Å². The molecule has 2 aliphatic rings. The molecule has 0 aliphatic carbocycles. The Bertz CT molecular complexity index is 175. The van der Waals surface area contributed by atoms with Crippen molar-refractivity contribution < 1.29 is 9.53 Å². The second-order valence-corrected chi connectivity index (χ2v) is 3.31. The van der Waals surface area contributed by atoms with Crippen LogP contribution < -0.4 is 5.32 Å². The third-order valence-electron chi connectivity index (χ3n) is 2.40. The number of carbonyl (C=O) groups excluding carboxylic acids is 1. The quantitative estimate of drug-likeness (QED) is 0.575. The van der Waals surface area contributed by atoms with Gasteiger partial charge in [0.05, 0.1) is 12.1 Å². The van der Waals surface area contributed by atoms with E-state index in [9.17, 15) is 4.79 Å². The average Bonchev–Trinajstić information content (AvgIpc) is 2.56. The second kappa shape index (κ2) is 2.57. The first-order chi connectivity index (χ1) is 5.29. The van der Waals surface area contributed by atoms with E-state index < -0.39 is 0 Å². The van der Waals surface area contributed by atoms with E-state index in [1.165, 1.54) is 0 Å². The van der Waals surface area contributed by atoms with E-state index in [4.69, 9.17) is 4.74 Å². The van der Waals surface area contributed by atoms with Crippen molar-refractivity contribution in [1.82, 2.24) is 5.32 Å². The molecule has 3 unspecified atom stereocenters. The zero-order chi connectivity index (χ0) is 7.84. The van der Waals surface area contributed by atoms with Crippen LogP contribution in [0.2, 0.25) is 0 Å². The topological polar surface area (TPSA) is 41.6 Å². The monoisotopic (exact) mass is 155 g/mol. The first-order valence-corrected chi connectivity index (χ1v) is 4.21. The Morgan fingerprint density at radius 2 is 2.36 bits per heavy atom. The predicted molar refractivity (Wildman–Crippen MR) is 40.4 cm³/mol. The third kappa shape index (κ3) is 1.30. The fourth-order valence-corrected chi connectivity index (χ4v) is 1.61. The van der Waals surface area contributed by atoms with Gasteiger partial charge in [-0.25, -0.2) is 0 Å². The molecule has 0 radical (unpaired) electrons. The van der Waals surface area contributed by atoms with Crippen LogP contribution in [0.3, 0.4) is 0 Å². The molecule has 3 atom stereocenters. The lowest BCUT2D eigenvalue weighted by atomic mass is 10.1. The highest BCUT2D eigenvalue weighted by molar-refractivity contribution is 5.90. The SMILES string of the molecule is CC1OC1C(=O)C1CCCN1. The summed E-state index contributed by atoms with van der Waals surface area (Å²) in [7, 11) is 0. The number of hydrogen-bond donors (Lipinski definition) is 1. The fourth-order valence-electron chi connectivity index (χ4n) is 1.61. The zero-order valence-electron chi connectivity index (χ0n) is 6.67. The summed E-state index contributed by atoms with van der Waals surface area (Å²) < 4.78 is 5.10. The molecular formula is C8H13NO2. The number of ether oxygens (including phenoxy) is 1. The lowest BCUT2D eigenvalue weighted by Crippen LogP contribution is -2.34. The standard InChI is InChI=1S/C8H13NO2/c1-5-8(11-5)7(10)6-3-2-4-9-6/h5-6,8-9H,2-4H2,1H3. The molecule has 2 rings (SSSR count). The van der Waals surface area contributed by atoms with Gasteiger partial charge in [-0.15, -0.1) is 0 Å². The van der Waals surface area contributed by atoms with Crippen molar-refractivity contribution >= 4 is 5.78 Å². The Hall–Kier alpha value is -0.410. The Kier molecular flexibility index (Phi) is 1.69. The molecule has 2 aliphatic heterocycles. The fraction of sp³-hybridized carbons (Fsp3) is 0.875. The largest absolute Gasteiger partial charge is 0.362 e. The number of epoxide rings is 1. The predicted octanol–water partition coefficient (Wildman–Crippen LogP) is 0.0948. The minimum absolute atomic E-state index is 0.0879.